The first-order valence-corrected chi connectivity index (χ1v) is 6.52. The summed E-state index contributed by atoms with van der Waals surface area (Å²) < 4.78 is 2.10. The Hall–Kier alpha value is -1.55. The Morgan fingerprint density at radius 3 is 3.06 bits per heavy atom. The lowest BCUT2D eigenvalue weighted by Gasteiger charge is -2.13. The van der Waals surface area contributed by atoms with Gasteiger partial charge in [-0.2, -0.15) is 0 Å². The SMILES string of the molecule is Cc1ccc2c(c1)nc(CCl)n2C1CNC(=O)C1. The molecule has 1 aromatic heterocycles. The van der Waals surface area contributed by atoms with Crippen molar-refractivity contribution in [1.29, 1.82) is 0 Å². The number of nitrogens with one attached hydrogen (secondary N) is 1. The molecular weight excluding hydrogens is 250 g/mol. The second-order valence-electron chi connectivity index (χ2n) is 4.69. The third-order valence-corrected chi connectivity index (χ3v) is 3.60. The first-order chi connectivity index (χ1) is 8.69. The first-order valence-electron chi connectivity index (χ1n) is 5.99. The predicted molar refractivity (Wildman–Crippen MR) is 70.7 cm³/mol. The highest BCUT2D eigenvalue weighted by atomic mass is 35.5. The molecule has 18 heavy (non-hydrogen) atoms. The quantitative estimate of drug-likeness (QED) is 0.844. The molecule has 5 heteroatoms. The molecule has 0 saturated carbocycles. The van der Waals surface area contributed by atoms with E-state index in [0.717, 1.165) is 16.9 Å². The average Bonchev–Trinajstić information content (AvgIpc) is 2.91. The maximum absolute atomic E-state index is 11.4. The largest absolute Gasteiger partial charge is 0.354 e. The van der Waals surface area contributed by atoms with Crippen molar-refractivity contribution in [2.24, 2.45) is 0 Å². The van der Waals surface area contributed by atoms with Crippen LogP contribution in [0.25, 0.3) is 11.0 Å². The molecule has 0 radical (unpaired) electrons. The van der Waals surface area contributed by atoms with Crippen LogP contribution in [0.1, 0.15) is 23.9 Å². The van der Waals surface area contributed by atoms with E-state index in [2.05, 4.69) is 27.0 Å². The number of imidazole rings is 1. The number of carbonyl (C=O) groups is 1. The Morgan fingerprint density at radius 2 is 2.39 bits per heavy atom. The summed E-state index contributed by atoms with van der Waals surface area (Å²) in [5.41, 5.74) is 3.18. The molecular formula is C13H14ClN3O. The number of fused-ring (bicyclic) bond motifs is 1. The fourth-order valence-electron chi connectivity index (χ4n) is 2.53. The molecule has 1 fully saturated rings. The molecule has 94 valence electrons. The van der Waals surface area contributed by atoms with Gasteiger partial charge in [-0.25, -0.2) is 4.98 Å². The van der Waals surface area contributed by atoms with Crippen molar-refractivity contribution < 1.29 is 4.79 Å². The van der Waals surface area contributed by atoms with Gasteiger partial charge >= 0.3 is 0 Å². The second kappa shape index (κ2) is 4.28. The molecule has 1 aliphatic rings. The summed E-state index contributed by atoms with van der Waals surface area (Å²) in [6.07, 6.45) is 0.503. The van der Waals surface area contributed by atoms with Crippen LogP contribution in [0.15, 0.2) is 18.2 Å². The Kier molecular flexibility index (Phi) is 2.74. The van der Waals surface area contributed by atoms with Crippen LogP contribution in [0.2, 0.25) is 0 Å². The van der Waals surface area contributed by atoms with Crippen molar-refractivity contribution in [3.63, 3.8) is 0 Å². The molecule has 1 unspecified atom stereocenters. The minimum Gasteiger partial charge on any atom is -0.354 e. The maximum Gasteiger partial charge on any atom is 0.222 e. The highest BCUT2D eigenvalue weighted by Crippen LogP contribution is 2.26. The van der Waals surface area contributed by atoms with Gasteiger partial charge in [0.15, 0.2) is 0 Å². The van der Waals surface area contributed by atoms with Crippen LogP contribution in [0, 0.1) is 6.92 Å². The van der Waals surface area contributed by atoms with E-state index in [0.29, 0.717) is 18.8 Å². The van der Waals surface area contributed by atoms with E-state index in [4.69, 9.17) is 11.6 Å². The summed E-state index contributed by atoms with van der Waals surface area (Å²) >= 11 is 5.97. The topological polar surface area (TPSA) is 46.9 Å². The zero-order chi connectivity index (χ0) is 12.7. The highest BCUT2D eigenvalue weighted by Gasteiger charge is 2.26. The fourth-order valence-corrected chi connectivity index (χ4v) is 2.72. The van der Waals surface area contributed by atoms with E-state index >= 15 is 0 Å². The van der Waals surface area contributed by atoms with E-state index in [9.17, 15) is 4.79 Å². The molecule has 1 atom stereocenters. The van der Waals surface area contributed by atoms with E-state index < -0.39 is 0 Å². The number of nitrogens with zero attached hydrogens (tertiary/aromatic N) is 2. The summed E-state index contributed by atoms with van der Waals surface area (Å²) in [6, 6.07) is 6.28. The van der Waals surface area contributed by atoms with E-state index in [1.807, 2.05) is 13.0 Å². The number of rotatable bonds is 2. The van der Waals surface area contributed by atoms with Gasteiger partial charge < -0.3 is 9.88 Å². The van der Waals surface area contributed by atoms with Crippen LogP contribution in [-0.4, -0.2) is 22.0 Å². The molecule has 1 aliphatic heterocycles. The lowest BCUT2D eigenvalue weighted by atomic mass is 10.2. The number of amides is 1. The van der Waals surface area contributed by atoms with Gasteiger partial charge in [0.05, 0.1) is 23.0 Å². The van der Waals surface area contributed by atoms with E-state index in [1.54, 1.807) is 0 Å². The van der Waals surface area contributed by atoms with Gasteiger partial charge in [-0.1, -0.05) is 6.07 Å². The second-order valence-corrected chi connectivity index (χ2v) is 4.95. The smallest absolute Gasteiger partial charge is 0.222 e. The van der Waals surface area contributed by atoms with Crippen LogP contribution in [0.5, 0.6) is 0 Å². The van der Waals surface area contributed by atoms with Crippen molar-refractivity contribution in [2.75, 3.05) is 6.54 Å². The first kappa shape index (κ1) is 11.5. The van der Waals surface area contributed by atoms with Crippen molar-refractivity contribution in [1.82, 2.24) is 14.9 Å². The Labute approximate surface area is 110 Å². The van der Waals surface area contributed by atoms with Crippen molar-refractivity contribution in [3.8, 4) is 0 Å². The third-order valence-electron chi connectivity index (χ3n) is 3.36. The predicted octanol–water partition coefficient (Wildman–Crippen LogP) is 2.14. The molecule has 0 bridgehead atoms. The number of carbonyl (C=O) groups excluding carboxylic acids is 1. The highest BCUT2D eigenvalue weighted by molar-refractivity contribution is 6.16. The summed E-state index contributed by atoms with van der Waals surface area (Å²) in [7, 11) is 0. The number of aromatic nitrogens is 2. The lowest BCUT2D eigenvalue weighted by Crippen LogP contribution is -2.16. The third kappa shape index (κ3) is 1.77. The zero-order valence-electron chi connectivity index (χ0n) is 10.1. The number of hydrogen-bond acceptors (Lipinski definition) is 2. The van der Waals surface area contributed by atoms with Gasteiger partial charge in [-0.15, -0.1) is 11.6 Å². The molecule has 2 aromatic rings. The van der Waals surface area contributed by atoms with Crippen LogP contribution in [0.4, 0.5) is 0 Å². The molecule has 2 heterocycles. The molecule has 1 amide bonds. The van der Waals surface area contributed by atoms with Crippen LogP contribution >= 0.6 is 11.6 Å². The maximum atomic E-state index is 11.4. The number of aryl methyl sites for hydroxylation is 1. The lowest BCUT2D eigenvalue weighted by molar-refractivity contribution is -0.119. The summed E-state index contributed by atoms with van der Waals surface area (Å²) in [5, 5.41) is 2.85. The average molecular weight is 264 g/mol. The normalized spacial score (nSPS) is 19.4. The monoisotopic (exact) mass is 263 g/mol. The summed E-state index contributed by atoms with van der Waals surface area (Å²) in [4.78, 5) is 15.9. The van der Waals surface area contributed by atoms with E-state index in [1.165, 1.54) is 5.56 Å². The molecule has 4 nitrogen and oxygen atoms in total. The van der Waals surface area contributed by atoms with Gasteiger partial charge in [0.25, 0.3) is 0 Å². The standard InChI is InChI=1S/C13H14ClN3O/c1-8-2-3-11-10(4-8)16-12(6-14)17(11)9-5-13(18)15-7-9/h2-4,9H,5-7H2,1H3,(H,15,18). The van der Waals surface area contributed by atoms with Gasteiger partial charge in [0.1, 0.15) is 5.82 Å². The Balaban J connectivity index is 2.16. The van der Waals surface area contributed by atoms with Gasteiger partial charge in [0.2, 0.25) is 5.91 Å². The number of alkyl halides is 1. The molecule has 3 rings (SSSR count). The number of halogens is 1. The van der Waals surface area contributed by atoms with Gasteiger partial charge in [-0.3, -0.25) is 4.79 Å². The van der Waals surface area contributed by atoms with Gasteiger partial charge in [0, 0.05) is 13.0 Å². The summed E-state index contributed by atoms with van der Waals surface area (Å²) in [5.74, 6) is 1.28. The molecule has 1 saturated heterocycles. The molecule has 0 aliphatic carbocycles. The van der Waals surface area contributed by atoms with Crippen molar-refractivity contribution in [2.45, 2.75) is 25.3 Å². The van der Waals surface area contributed by atoms with E-state index in [-0.39, 0.29) is 11.9 Å². The Bertz CT molecular complexity index is 620. The molecule has 0 spiro atoms. The van der Waals surface area contributed by atoms with Crippen molar-refractivity contribution >= 4 is 28.5 Å². The van der Waals surface area contributed by atoms with Crippen LogP contribution in [-0.2, 0) is 10.7 Å². The zero-order valence-corrected chi connectivity index (χ0v) is 10.9. The summed E-state index contributed by atoms with van der Waals surface area (Å²) in [6.45, 7) is 2.70. The fraction of sp³-hybridized carbons (Fsp3) is 0.385. The molecule has 1 aromatic carbocycles. The van der Waals surface area contributed by atoms with Crippen LogP contribution < -0.4 is 5.32 Å². The van der Waals surface area contributed by atoms with Gasteiger partial charge in [-0.05, 0) is 24.6 Å². The minimum atomic E-state index is 0.0921. The number of hydrogen-bond donors (Lipinski definition) is 1. The minimum absolute atomic E-state index is 0.0921. The van der Waals surface area contributed by atoms with Crippen LogP contribution in [0.3, 0.4) is 0 Å². The number of benzene rings is 1. The van der Waals surface area contributed by atoms with Crippen molar-refractivity contribution in [3.05, 3.63) is 29.6 Å². The molecule has 1 N–H and O–H groups in total. The Morgan fingerprint density at radius 1 is 1.56 bits per heavy atom.